The highest BCUT2D eigenvalue weighted by atomic mass is 35.5. The highest BCUT2D eigenvalue weighted by Crippen LogP contribution is 2.10. The summed E-state index contributed by atoms with van der Waals surface area (Å²) in [7, 11) is 0. The normalized spacial score (nSPS) is 10.2. The molecule has 5 heteroatoms. The maximum atomic E-state index is 11.5. The third kappa shape index (κ3) is 19.7. The molecule has 0 bridgehead atoms. The van der Waals surface area contributed by atoms with E-state index in [-0.39, 0.29) is 18.3 Å². The molecule has 0 saturated heterocycles. The molecule has 4 N–H and O–H groups in total. The van der Waals surface area contributed by atoms with Crippen LogP contribution in [0.2, 0.25) is 0 Å². The number of hydrogen-bond donors (Lipinski definition) is 3. The van der Waals surface area contributed by atoms with Crippen molar-refractivity contribution in [3.05, 3.63) is 0 Å². The minimum atomic E-state index is 0. The highest BCUT2D eigenvalue weighted by molar-refractivity contribution is 5.85. The fourth-order valence-corrected chi connectivity index (χ4v) is 2.20. The number of rotatable bonds is 15. The number of nitrogens with two attached hydrogens (primary N) is 1. The van der Waals surface area contributed by atoms with E-state index in [0.717, 1.165) is 19.5 Å². The quantitative estimate of drug-likeness (QED) is 0.406. The lowest BCUT2D eigenvalue weighted by molar-refractivity contribution is -0.121. The zero-order chi connectivity index (χ0) is 14.9. The molecule has 21 heavy (non-hydrogen) atoms. The van der Waals surface area contributed by atoms with Gasteiger partial charge in [-0.05, 0) is 6.42 Å². The van der Waals surface area contributed by atoms with Crippen molar-refractivity contribution in [2.75, 3.05) is 26.2 Å². The summed E-state index contributed by atoms with van der Waals surface area (Å²) in [5.41, 5.74) is 5.36. The van der Waals surface area contributed by atoms with E-state index in [1.807, 2.05) is 0 Å². The number of unbranched alkanes of at least 4 members (excludes halogenated alkanes) is 8. The Morgan fingerprint density at radius 2 is 1.43 bits per heavy atom. The molecule has 4 nitrogen and oxygen atoms in total. The average molecular weight is 322 g/mol. The molecule has 0 aromatic rings. The highest BCUT2D eigenvalue weighted by Gasteiger charge is 2.00. The predicted molar refractivity (Wildman–Crippen MR) is 94.0 cm³/mol. The Hall–Kier alpha value is -0.320. The van der Waals surface area contributed by atoms with Gasteiger partial charge < -0.3 is 16.4 Å². The van der Waals surface area contributed by atoms with Gasteiger partial charge in [-0.25, -0.2) is 0 Å². The monoisotopic (exact) mass is 321 g/mol. The molecule has 0 aliphatic carbocycles. The molecular weight excluding hydrogens is 286 g/mol. The van der Waals surface area contributed by atoms with Crippen LogP contribution in [-0.4, -0.2) is 32.1 Å². The van der Waals surface area contributed by atoms with E-state index in [1.165, 1.54) is 51.4 Å². The van der Waals surface area contributed by atoms with Gasteiger partial charge in [-0.15, -0.1) is 12.4 Å². The van der Waals surface area contributed by atoms with Crippen LogP contribution in [0.15, 0.2) is 0 Å². The van der Waals surface area contributed by atoms with Crippen molar-refractivity contribution in [3.8, 4) is 0 Å². The lowest BCUT2D eigenvalue weighted by Crippen LogP contribution is -2.33. The van der Waals surface area contributed by atoms with Gasteiger partial charge in [-0.2, -0.15) is 0 Å². The Bertz CT molecular complexity index is 216. The van der Waals surface area contributed by atoms with Crippen molar-refractivity contribution in [2.45, 2.75) is 71.1 Å². The average Bonchev–Trinajstić information content (AvgIpc) is 2.45. The molecule has 0 aliphatic heterocycles. The second-order valence-corrected chi connectivity index (χ2v) is 5.47. The van der Waals surface area contributed by atoms with Crippen LogP contribution in [-0.2, 0) is 4.79 Å². The van der Waals surface area contributed by atoms with E-state index in [1.54, 1.807) is 0 Å². The van der Waals surface area contributed by atoms with E-state index in [4.69, 9.17) is 5.73 Å². The molecule has 0 radical (unpaired) electrons. The number of halogens is 1. The van der Waals surface area contributed by atoms with Crippen LogP contribution in [0.3, 0.4) is 0 Å². The van der Waals surface area contributed by atoms with E-state index >= 15 is 0 Å². The molecule has 0 spiro atoms. The summed E-state index contributed by atoms with van der Waals surface area (Å²) < 4.78 is 0. The molecular formula is C16H36ClN3O. The van der Waals surface area contributed by atoms with Crippen LogP contribution in [0.5, 0.6) is 0 Å². The maximum absolute atomic E-state index is 11.5. The molecule has 128 valence electrons. The standard InChI is InChI=1S/C16H35N3O.ClH/c1-2-3-4-5-6-7-8-9-10-11-16(20)19-15-14-18-13-12-17;/h18H,2-15,17H2,1H3,(H,19,20);1H. The minimum absolute atomic E-state index is 0. The molecule has 0 atom stereocenters. The molecule has 0 heterocycles. The van der Waals surface area contributed by atoms with Crippen LogP contribution < -0.4 is 16.4 Å². The van der Waals surface area contributed by atoms with Crippen molar-refractivity contribution in [3.63, 3.8) is 0 Å². The van der Waals surface area contributed by atoms with Crippen LogP contribution in [0.25, 0.3) is 0 Å². The van der Waals surface area contributed by atoms with E-state index < -0.39 is 0 Å². The van der Waals surface area contributed by atoms with Gasteiger partial charge in [-0.1, -0.05) is 58.3 Å². The summed E-state index contributed by atoms with van der Waals surface area (Å²) in [6.07, 6.45) is 12.3. The Morgan fingerprint density at radius 3 is 2.00 bits per heavy atom. The van der Waals surface area contributed by atoms with E-state index in [9.17, 15) is 4.79 Å². The minimum Gasteiger partial charge on any atom is -0.355 e. The van der Waals surface area contributed by atoms with Gasteiger partial charge in [0, 0.05) is 32.6 Å². The number of amides is 1. The lowest BCUT2D eigenvalue weighted by atomic mass is 10.1. The van der Waals surface area contributed by atoms with E-state index in [2.05, 4.69) is 17.6 Å². The van der Waals surface area contributed by atoms with Gasteiger partial charge in [0.15, 0.2) is 0 Å². The van der Waals surface area contributed by atoms with Crippen molar-refractivity contribution in [1.82, 2.24) is 10.6 Å². The zero-order valence-electron chi connectivity index (χ0n) is 13.8. The van der Waals surface area contributed by atoms with Gasteiger partial charge in [-0.3, -0.25) is 4.79 Å². The predicted octanol–water partition coefficient (Wildman–Crippen LogP) is 2.99. The second kappa shape index (κ2) is 19.7. The number of hydrogen-bond acceptors (Lipinski definition) is 3. The molecule has 1 amide bonds. The lowest BCUT2D eigenvalue weighted by Gasteiger charge is -2.06. The molecule has 0 aliphatic rings. The van der Waals surface area contributed by atoms with Crippen molar-refractivity contribution < 1.29 is 4.79 Å². The molecule has 0 unspecified atom stereocenters. The van der Waals surface area contributed by atoms with Gasteiger partial charge in [0.05, 0.1) is 0 Å². The van der Waals surface area contributed by atoms with Crippen LogP contribution in [0.1, 0.15) is 71.1 Å². The second-order valence-electron chi connectivity index (χ2n) is 5.47. The largest absolute Gasteiger partial charge is 0.355 e. The fourth-order valence-electron chi connectivity index (χ4n) is 2.20. The molecule has 0 saturated carbocycles. The Labute approximate surface area is 137 Å². The molecule has 0 fully saturated rings. The zero-order valence-corrected chi connectivity index (χ0v) is 14.6. The Kier molecular flexibility index (Phi) is 21.5. The van der Waals surface area contributed by atoms with Crippen LogP contribution >= 0.6 is 12.4 Å². The summed E-state index contributed by atoms with van der Waals surface area (Å²) in [6, 6.07) is 0. The Balaban J connectivity index is 0. The SMILES string of the molecule is CCCCCCCCCCCC(=O)NCCNCCN.Cl. The first-order chi connectivity index (χ1) is 9.81. The molecule has 0 aromatic carbocycles. The first kappa shape index (κ1) is 23.0. The molecule has 0 rings (SSSR count). The first-order valence-electron chi connectivity index (χ1n) is 8.48. The topological polar surface area (TPSA) is 67.2 Å². The van der Waals surface area contributed by atoms with Gasteiger partial charge in [0.2, 0.25) is 5.91 Å². The third-order valence-corrected chi connectivity index (χ3v) is 3.45. The third-order valence-electron chi connectivity index (χ3n) is 3.45. The van der Waals surface area contributed by atoms with Gasteiger partial charge in [0.1, 0.15) is 0 Å². The summed E-state index contributed by atoms with van der Waals surface area (Å²) in [6.45, 7) is 5.22. The summed E-state index contributed by atoms with van der Waals surface area (Å²) in [5.74, 6) is 0.183. The maximum Gasteiger partial charge on any atom is 0.220 e. The summed E-state index contributed by atoms with van der Waals surface area (Å²) in [5, 5.41) is 6.08. The van der Waals surface area contributed by atoms with Gasteiger partial charge >= 0.3 is 0 Å². The summed E-state index contributed by atoms with van der Waals surface area (Å²) >= 11 is 0. The summed E-state index contributed by atoms with van der Waals surface area (Å²) in [4.78, 5) is 11.5. The fraction of sp³-hybridized carbons (Fsp3) is 0.938. The number of carbonyl (C=O) groups excluding carboxylic acids is 1. The van der Waals surface area contributed by atoms with E-state index in [0.29, 0.717) is 19.5 Å². The van der Waals surface area contributed by atoms with Crippen LogP contribution in [0.4, 0.5) is 0 Å². The van der Waals surface area contributed by atoms with Crippen molar-refractivity contribution in [1.29, 1.82) is 0 Å². The Morgan fingerprint density at radius 1 is 0.857 bits per heavy atom. The van der Waals surface area contributed by atoms with Crippen LogP contribution in [0, 0.1) is 0 Å². The number of nitrogens with one attached hydrogen (secondary N) is 2. The molecule has 0 aromatic heterocycles. The number of carbonyl (C=O) groups is 1. The van der Waals surface area contributed by atoms with Gasteiger partial charge in [0.25, 0.3) is 0 Å². The smallest absolute Gasteiger partial charge is 0.220 e. The van der Waals surface area contributed by atoms with Crippen molar-refractivity contribution in [2.24, 2.45) is 5.73 Å². The first-order valence-corrected chi connectivity index (χ1v) is 8.48. The van der Waals surface area contributed by atoms with Crippen molar-refractivity contribution >= 4 is 18.3 Å².